The maximum absolute atomic E-state index is 11.4. The highest BCUT2D eigenvalue weighted by atomic mass is 32.2. The normalized spacial score (nSPS) is 37.6. The van der Waals surface area contributed by atoms with Crippen LogP contribution in [0.25, 0.3) is 0 Å². The molecule has 0 heterocycles. The van der Waals surface area contributed by atoms with Gasteiger partial charge in [-0.05, 0) is 80.1 Å². The van der Waals surface area contributed by atoms with Gasteiger partial charge in [0.1, 0.15) is 0 Å². The third-order valence-corrected chi connectivity index (χ3v) is 7.91. The Morgan fingerprint density at radius 1 is 0.920 bits per heavy atom. The second-order valence-corrected chi connectivity index (χ2v) is 11.6. The maximum atomic E-state index is 11.4. The van der Waals surface area contributed by atoms with Gasteiger partial charge in [0.2, 0.25) is 0 Å². The minimum atomic E-state index is -3.29. The maximum Gasteiger partial charge on any atom is 0.276 e. The summed E-state index contributed by atoms with van der Waals surface area (Å²) in [5, 5.41) is 3.78. The molecule has 4 saturated carbocycles. The van der Waals surface area contributed by atoms with Crippen molar-refractivity contribution < 1.29 is 8.42 Å². The first kappa shape index (κ1) is 19.6. The fourth-order valence-electron chi connectivity index (χ4n) is 6.01. The quantitative estimate of drug-likeness (QED) is 0.574. The van der Waals surface area contributed by atoms with Gasteiger partial charge in [0, 0.05) is 19.6 Å². The molecule has 4 bridgehead atoms. The Balaban J connectivity index is 1.45. The predicted molar refractivity (Wildman–Crippen MR) is 102 cm³/mol. The Labute approximate surface area is 154 Å². The van der Waals surface area contributed by atoms with E-state index in [0.717, 1.165) is 42.6 Å². The van der Waals surface area contributed by atoms with Crippen molar-refractivity contribution in [1.82, 2.24) is 14.8 Å². The van der Waals surface area contributed by atoms with Crippen molar-refractivity contribution in [2.75, 3.05) is 20.1 Å². The van der Waals surface area contributed by atoms with E-state index < -0.39 is 10.2 Å². The standard InChI is InChI=1S/C19H37N3O2S/c1-19(2,3)12-17-13-8-15-10-14(17)11-16(9-13)18(15)21-6-5-7-22-25(23,24)20-4/h13-18,20-22H,5-12H2,1-4H3. The Morgan fingerprint density at radius 2 is 1.48 bits per heavy atom. The van der Waals surface area contributed by atoms with Crippen molar-refractivity contribution in [3.8, 4) is 0 Å². The van der Waals surface area contributed by atoms with Crippen LogP contribution in [0.2, 0.25) is 0 Å². The molecule has 0 atom stereocenters. The van der Waals surface area contributed by atoms with Gasteiger partial charge in [0.05, 0.1) is 0 Å². The van der Waals surface area contributed by atoms with Crippen LogP contribution < -0.4 is 14.8 Å². The Kier molecular flexibility index (Phi) is 5.84. The number of hydrogen-bond acceptors (Lipinski definition) is 3. The van der Waals surface area contributed by atoms with E-state index in [2.05, 4.69) is 35.5 Å². The van der Waals surface area contributed by atoms with Crippen molar-refractivity contribution in [3.05, 3.63) is 0 Å². The lowest BCUT2D eigenvalue weighted by Gasteiger charge is -2.59. The third kappa shape index (κ3) is 4.76. The average molecular weight is 372 g/mol. The van der Waals surface area contributed by atoms with Gasteiger partial charge in [0.15, 0.2) is 0 Å². The molecular formula is C19H37N3O2S. The molecule has 0 amide bonds. The largest absolute Gasteiger partial charge is 0.313 e. The van der Waals surface area contributed by atoms with Gasteiger partial charge in [-0.1, -0.05) is 20.8 Å². The molecule has 6 heteroatoms. The molecule has 0 spiro atoms. The smallest absolute Gasteiger partial charge is 0.276 e. The van der Waals surface area contributed by atoms with Gasteiger partial charge in [-0.25, -0.2) is 9.44 Å². The molecule has 0 radical (unpaired) electrons. The molecule has 0 aromatic heterocycles. The van der Waals surface area contributed by atoms with Crippen molar-refractivity contribution >= 4 is 10.2 Å². The van der Waals surface area contributed by atoms with E-state index in [-0.39, 0.29) is 0 Å². The van der Waals surface area contributed by atoms with Crippen LogP contribution in [0.3, 0.4) is 0 Å². The molecule has 4 fully saturated rings. The molecule has 146 valence electrons. The molecule has 0 aliphatic heterocycles. The summed E-state index contributed by atoms with van der Waals surface area (Å²) in [6.45, 7) is 8.59. The van der Waals surface area contributed by atoms with Crippen LogP contribution in [0.15, 0.2) is 0 Å². The number of hydrogen-bond donors (Lipinski definition) is 3. The zero-order chi connectivity index (χ0) is 18.2. The summed E-state index contributed by atoms with van der Waals surface area (Å²) in [7, 11) is -1.86. The highest BCUT2D eigenvalue weighted by Gasteiger charge is 2.52. The van der Waals surface area contributed by atoms with Crippen LogP contribution in [-0.2, 0) is 10.2 Å². The summed E-state index contributed by atoms with van der Waals surface area (Å²) < 4.78 is 27.5. The van der Waals surface area contributed by atoms with Gasteiger partial charge in [-0.15, -0.1) is 0 Å². The summed E-state index contributed by atoms with van der Waals surface area (Å²) in [5.74, 6) is 4.59. The van der Waals surface area contributed by atoms with Crippen molar-refractivity contribution in [1.29, 1.82) is 0 Å². The molecule has 4 aliphatic carbocycles. The Bertz CT molecular complexity index is 526. The van der Waals surface area contributed by atoms with E-state index in [1.165, 1.54) is 39.2 Å². The molecule has 3 N–H and O–H groups in total. The van der Waals surface area contributed by atoms with Crippen molar-refractivity contribution in [2.24, 2.45) is 35.0 Å². The highest BCUT2D eigenvalue weighted by molar-refractivity contribution is 7.87. The van der Waals surface area contributed by atoms with Crippen molar-refractivity contribution in [2.45, 2.75) is 65.3 Å². The van der Waals surface area contributed by atoms with E-state index in [1.54, 1.807) is 0 Å². The number of nitrogens with one attached hydrogen (secondary N) is 3. The molecule has 0 aromatic rings. The zero-order valence-electron chi connectivity index (χ0n) is 16.3. The fraction of sp³-hybridized carbons (Fsp3) is 1.00. The molecule has 5 nitrogen and oxygen atoms in total. The molecule has 0 unspecified atom stereocenters. The van der Waals surface area contributed by atoms with Crippen LogP contribution in [0.4, 0.5) is 0 Å². The second-order valence-electron chi connectivity index (χ2n) is 9.85. The zero-order valence-corrected chi connectivity index (χ0v) is 17.2. The second kappa shape index (κ2) is 7.45. The lowest BCUT2D eigenvalue weighted by Crippen LogP contribution is -2.58. The van der Waals surface area contributed by atoms with E-state index in [0.29, 0.717) is 18.0 Å². The van der Waals surface area contributed by atoms with Crippen LogP contribution in [-0.4, -0.2) is 34.6 Å². The summed E-state index contributed by atoms with van der Waals surface area (Å²) in [6.07, 6.45) is 7.90. The lowest BCUT2D eigenvalue weighted by atomic mass is 9.48. The first-order valence-electron chi connectivity index (χ1n) is 10.1. The molecule has 0 saturated heterocycles. The third-order valence-electron chi connectivity index (χ3n) is 6.79. The molecular weight excluding hydrogens is 334 g/mol. The van der Waals surface area contributed by atoms with Gasteiger partial charge in [0.25, 0.3) is 10.2 Å². The summed E-state index contributed by atoms with van der Waals surface area (Å²) in [5.41, 5.74) is 0.457. The first-order valence-corrected chi connectivity index (χ1v) is 11.6. The Hall–Kier alpha value is -0.170. The SMILES string of the molecule is CNS(=O)(=O)NCCCNC1C2CC3CC1CC(C2)C3CC(C)(C)C. The van der Waals surface area contributed by atoms with E-state index in [1.807, 2.05) is 0 Å². The van der Waals surface area contributed by atoms with Gasteiger partial charge in [-0.2, -0.15) is 8.42 Å². The van der Waals surface area contributed by atoms with Crippen LogP contribution in [0.5, 0.6) is 0 Å². The van der Waals surface area contributed by atoms with Crippen LogP contribution >= 0.6 is 0 Å². The average Bonchev–Trinajstić information content (AvgIpc) is 2.50. The minimum absolute atomic E-state index is 0.457. The van der Waals surface area contributed by atoms with Gasteiger partial charge < -0.3 is 5.32 Å². The summed E-state index contributed by atoms with van der Waals surface area (Å²) in [4.78, 5) is 0. The first-order chi connectivity index (χ1) is 11.7. The minimum Gasteiger partial charge on any atom is -0.313 e. The molecule has 4 aliphatic rings. The summed E-state index contributed by atoms with van der Waals surface area (Å²) >= 11 is 0. The fourth-order valence-corrected chi connectivity index (χ4v) is 6.56. The lowest BCUT2D eigenvalue weighted by molar-refractivity contribution is -0.0729. The highest BCUT2D eigenvalue weighted by Crippen LogP contribution is 2.58. The molecule has 0 aromatic carbocycles. The van der Waals surface area contributed by atoms with E-state index in [4.69, 9.17) is 0 Å². The van der Waals surface area contributed by atoms with Crippen LogP contribution in [0.1, 0.15) is 59.3 Å². The molecule has 25 heavy (non-hydrogen) atoms. The van der Waals surface area contributed by atoms with Crippen molar-refractivity contribution in [3.63, 3.8) is 0 Å². The van der Waals surface area contributed by atoms with Crippen LogP contribution in [0, 0.1) is 35.0 Å². The van der Waals surface area contributed by atoms with E-state index in [9.17, 15) is 8.42 Å². The van der Waals surface area contributed by atoms with Gasteiger partial charge in [-0.3, -0.25) is 0 Å². The predicted octanol–water partition coefficient (Wildman–Crippen LogP) is 2.51. The Morgan fingerprint density at radius 3 is 1.96 bits per heavy atom. The summed E-state index contributed by atoms with van der Waals surface area (Å²) in [6, 6.07) is 0.670. The molecule has 4 rings (SSSR count). The number of rotatable bonds is 8. The monoisotopic (exact) mass is 371 g/mol. The van der Waals surface area contributed by atoms with E-state index >= 15 is 0 Å². The van der Waals surface area contributed by atoms with Gasteiger partial charge >= 0.3 is 0 Å². The topological polar surface area (TPSA) is 70.2 Å².